The van der Waals surface area contributed by atoms with Gasteiger partial charge in [-0.25, -0.2) is 4.79 Å². The van der Waals surface area contributed by atoms with Crippen LogP contribution in [-0.4, -0.2) is 30.1 Å². The number of thiophene rings is 1. The smallest absolute Gasteiger partial charge is 0.330 e. The Morgan fingerprint density at radius 3 is 2.47 bits per heavy atom. The molecule has 30 heavy (non-hydrogen) atoms. The van der Waals surface area contributed by atoms with Crippen molar-refractivity contribution in [2.24, 2.45) is 5.41 Å². The first kappa shape index (κ1) is 24.4. The van der Waals surface area contributed by atoms with E-state index in [1.165, 1.54) is 22.3 Å². The third-order valence-electron chi connectivity index (χ3n) is 4.00. The van der Waals surface area contributed by atoms with Gasteiger partial charge < -0.3 is 9.84 Å². The molecule has 8 heteroatoms. The van der Waals surface area contributed by atoms with E-state index in [0.717, 1.165) is 6.08 Å². The Balaban J connectivity index is 2.48. The Labute approximate surface area is 190 Å². The molecule has 5 nitrogen and oxygen atoms in total. The van der Waals surface area contributed by atoms with Gasteiger partial charge in [0.2, 0.25) is 0 Å². The van der Waals surface area contributed by atoms with Gasteiger partial charge in [0.1, 0.15) is 11.1 Å². The molecule has 0 aliphatic heterocycles. The van der Waals surface area contributed by atoms with Crippen molar-refractivity contribution in [2.45, 2.75) is 33.8 Å². The van der Waals surface area contributed by atoms with E-state index in [0.29, 0.717) is 32.0 Å². The van der Waals surface area contributed by atoms with Gasteiger partial charge in [-0.15, -0.1) is 11.3 Å². The van der Waals surface area contributed by atoms with E-state index in [1.807, 2.05) is 20.8 Å². The van der Waals surface area contributed by atoms with Crippen molar-refractivity contribution in [2.75, 3.05) is 18.1 Å². The molecule has 1 N–H and O–H groups in total. The van der Waals surface area contributed by atoms with Crippen molar-refractivity contribution < 1.29 is 19.4 Å². The summed E-state index contributed by atoms with van der Waals surface area (Å²) in [6, 6.07) is 8.59. The molecule has 1 unspecified atom stereocenters. The molecule has 2 aromatic rings. The van der Waals surface area contributed by atoms with Crippen LogP contribution in [0.2, 0.25) is 9.36 Å². The molecule has 1 aromatic carbocycles. The summed E-state index contributed by atoms with van der Waals surface area (Å²) >= 11 is 13.7. The topological polar surface area (TPSA) is 66.8 Å². The van der Waals surface area contributed by atoms with Gasteiger partial charge in [0.25, 0.3) is 5.91 Å². The van der Waals surface area contributed by atoms with Crippen LogP contribution in [0.5, 0.6) is 0 Å². The minimum Gasteiger partial charge on any atom is -0.463 e. The Bertz CT molecular complexity index is 933. The number of hydrogen-bond acceptors (Lipinski definition) is 5. The lowest BCUT2D eigenvalue weighted by atomic mass is 9.95. The minimum absolute atomic E-state index is 0.220. The molecule has 0 spiro atoms. The average Bonchev–Trinajstić information content (AvgIpc) is 3.05. The SMILES string of the molecule is CCOC(=O)C=CC(=O)N(CC(C)(C)C)c1sc(Cl)cc1C(O)c1ccccc1Cl. The Hall–Kier alpha value is -1.86. The van der Waals surface area contributed by atoms with Gasteiger partial charge in [-0.2, -0.15) is 0 Å². The number of amides is 1. The molecule has 1 heterocycles. The molecule has 1 amide bonds. The number of nitrogens with zero attached hydrogens (tertiary/aromatic N) is 1. The second kappa shape index (κ2) is 10.4. The zero-order valence-electron chi connectivity index (χ0n) is 17.3. The highest BCUT2D eigenvalue weighted by Gasteiger charge is 2.29. The molecule has 0 fully saturated rings. The van der Waals surface area contributed by atoms with E-state index in [1.54, 1.807) is 37.3 Å². The Morgan fingerprint density at radius 1 is 1.20 bits per heavy atom. The largest absolute Gasteiger partial charge is 0.463 e. The number of aliphatic hydroxyl groups excluding tert-OH is 1. The van der Waals surface area contributed by atoms with Gasteiger partial charge >= 0.3 is 5.97 Å². The number of halogens is 2. The van der Waals surface area contributed by atoms with Crippen LogP contribution in [0, 0.1) is 5.41 Å². The van der Waals surface area contributed by atoms with E-state index in [9.17, 15) is 14.7 Å². The van der Waals surface area contributed by atoms with Crippen LogP contribution < -0.4 is 4.90 Å². The van der Waals surface area contributed by atoms with E-state index < -0.39 is 18.0 Å². The molecule has 0 radical (unpaired) electrons. The van der Waals surface area contributed by atoms with Crippen molar-refractivity contribution in [3.63, 3.8) is 0 Å². The summed E-state index contributed by atoms with van der Waals surface area (Å²) in [7, 11) is 0. The summed E-state index contributed by atoms with van der Waals surface area (Å²) in [5.41, 5.74) is 0.733. The number of aliphatic hydroxyl groups is 1. The van der Waals surface area contributed by atoms with Crippen LogP contribution in [0.1, 0.15) is 44.9 Å². The maximum Gasteiger partial charge on any atom is 0.330 e. The normalized spacial score (nSPS) is 12.8. The molecule has 0 aliphatic carbocycles. The van der Waals surface area contributed by atoms with Crippen LogP contribution >= 0.6 is 34.5 Å². The zero-order valence-corrected chi connectivity index (χ0v) is 19.6. The van der Waals surface area contributed by atoms with Crippen LogP contribution in [0.4, 0.5) is 5.00 Å². The monoisotopic (exact) mass is 469 g/mol. The molecular weight excluding hydrogens is 445 g/mol. The standard InChI is InChI=1S/C22H25Cl2NO4S/c1-5-29-19(27)11-10-18(26)25(13-22(2,3)4)21-15(12-17(24)30-21)20(28)14-8-6-7-9-16(14)23/h6-12,20,28H,5,13H2,1-4H3. The summed E-state index contributed by atoms with van der Waals surface area (Å²) in [5.74, 6) is -1.01. The molecule has 1 atom stereocenters. The summed E-state index contributed by atoms with van der Waals surface area (Å²) in [6.45, 7) is 8.22. The lowest BCUT2D eigenvalue weighted by Gasteiger charge is -2.30. The number of carbonyl (C=O) groups excluding carboxylic acids is 2. The Morgan fingerprint density at radius 2 is 1.87 bits per heavy atom. The summed E-state index contributed by atoms with van der Waals surface area (Å²) < 4.78 is 5.27. The van der Waals surface area contributed by atoms with Gasteiger partial charge in [0, 0.05) is 34.8 Å². The maximum atomic E-state index is 13.0. The Kier molecular flexibility index (Phi) is 8.50. The van der Waals surface area contributed by atoms with Crippen molar-refractivity contribution in [3.8, 4) is 0 Å². The van der Waals surface area contributed by atoms with Gasteiger partial charge in [-0.3, -0.25) is 9.69 Å². The predicted molar refractivity (Wildman–Crippen MR) is 122 cm³/mol. The van der Waals surface area contributed by atoms with Crippen LogP contribution in [0.15, 0.2) is 42.5 Å². The zero-order chi connectivity index (χ0) is 22.5. The fourth-order valence-corrected chi connectivity index (χ4v) is 4.28. The predicted octanol–water partition coefficient (Wildman–Crippen LogP) is 5.64. The van der Waals surface area contributed by atoms with Crippen molar-refractivity contribution in [1.29, 1.82) is 0 Å². The first-order chi connectivity index (χ1) is 14.0. The highest BCUT2D eigenvalue weighted by atomic mass is 35.5. The van der Waals surface area contributed by atoms with Gasteiger partial charge in [-0.05, 0) is 24.5 Å². The summed E-state index contributed by atoms with van der Waals surface area (Å²) in [5, 5.41) is 11.9. The number of esters is 1. The highest BCUT2D eigenvalue weighted by Crippen LogP contribution is 2.42. The van der Waals surface area contributed by atoms with E-state index in [-0.39, 0.29) is 12.0 Å². The third kappa shape index (κ3) is 6.57. The fraction of sp³-hybridized carbons (Fsp3) is 0.364. The molecular formula is C22H25Cl2NO4S. The molecule has 2 rings (SSSR count). The molecule has 0 saturated heterocycles. The number of hydrogen-bond donors (Lipinski definition) is 1. The quantitative estimate of drug-likeness (QED) is 0.421. The van der Waals surface area contributed by atoms with Crippen molar-refractivity contribution in [3.05, 3.63) is 63.0 Å². The fourth-order valence-electron chi connectivity index (χ4n) is 2.78. The average molecular weight is 470 g/mol. The van der Waals surface area contributed by atoms with Crippen molar-refractivity contribution >= 4 is 51.4 Å². The number of carbonyl (C=O) groups is 2. The van der Waals surface area contributed by atoms with Crippen LogP contribution in [-0.2, 0) is 14.3 Å². The molecule has 1 aromatic heterocycles. The van der Waals surface area contributed by atoms with Crippen LogP contribution in [0.25, 0.3) is 0 Å². The van der Waals surface area contributed by atoms with E-state index in [4.69, 9.17) is 27.9 Å². The molecule has 0 saturated carbocycles. The highest BCUT2D eigenvalue weighted by molar-refractivity contribution is 7.20. The molecule has 0 aliphatic rings. The lowest BCUT2D eigenvalue weighted by Crippen LogP contribution is -2.37. The summed E-state index contributed by atoms with van der Waals surface area (Å²) in [6.07, 6.45) is 1.20. The molecule has 0 bridgehead atoms. The van der Waals surface area contributed by atoms with E-state index >= 15 is 0 Å². The minimum atomic E-state index is -1.07. The van der Waals surface area contributed by atoms with Gasteiger partial charge in [0.05, 0.1) is 10.9 Å². The number of rotatable bonds is 7. The number of benzene rings is 1. The van der Waals surface area contributed by atoms with Gasteiger partial charge in [0.15, 0.2) is 0 Å². The van der Waals surface area contributed by atoms with Crippen LogP contribution in [0.3, 0.4) is 0 Å². The third-order valence-corrected chi connectivity index (χ3v) is 5.64. The first-order valence-electron chi connectivity index (χ1n) is 9.41. The molecule has 162 valence electrons. The number of anilines is 1. The second-order valence-corrected chi connectivity index (χ2v) is 9.87. The number of ether oxygens (including phenoxy) is 1. The van der Waals surface area contributed by atoms with Crippen molar-refractivity contribution in [1.82, 2.24) is 0 Å². The van der Waals surface area contributed by atoms with Gasteiger partial charge in [-0.1, -0.05) is 62.2 Å². The first-order valence-corrected chi connectivity index (χ1v) is 11.0. The maximum absolute atomic E-state index is 13.0. The summed E-state index contributed by atoms with van der Waals surface area (Å²) in [4.78, 5) is 26.2. The lowest BCUT2D eigenvalue weighted by molar-refractivity contribution is -0.137. The second-order valence-electron chi connectivity index (χ2n) is 7.81. The van der Waals surface area contributed by atoms with E-state index in [2.05, 4.69) is 0 Å².